The van der Waals surface area contributed by atoms with Gasteiger partial charge in [0.1, 0.15) is 0 Å². The van der Waals surface area contributed by atoms with Crippen molar-refractivity contribution in [2.24, 2.45) is 11.8 Å². The Morgan fingerprint density at radius 2 is 1.32 bits per heavy atom. The SMILES string of the molecule is C1=CCOCC(C2CCCC2C2=CC=CCOC2)=C1. The minimum Gasteiger partial charge on any atom is -0.373 e. The molecule has 1 aliphatic carbocycles. The number of ether oxygens (including phenoxy) is 2. The summed E-state index contributed by atoms with van der Waals surface area (Å²) in [5.41, 5.74) is 2.93. The molecular formula is C17H22O2. The summed E-state index contributed by atoms with van der Waals surface area (Å²) in [6.07, 6.45) is 16.9. The second kappa shape index (κ2) is 6.36. The van der Waals surface area contributed by atoms with Crippen LogP contribution in [0.15, 0.2) is 47.6 Å². The minimum absolute atomic E-state index is 0.643. The maximum Gasteiger partial charge on any atom is 0.0687 e. The van der Waals surface area contributed by atoms with E-state index in [4.69, 9.17) is 9.47 Å². The quantitative estimate of drug-likeness (QED) is 0.755. The van der Waals surface area contributed by atoms with Crippen LogP contribution in [0.1, 0.15) is 19.3 Å². The first-order chi connectivity index (χ1) is 9.45. The highest BCUT2D eigenvalue weighted by molar-refractivity contribution is 5.26. The molecule has 0 bridgehead atoms. The smallest absolute Gasteiger partial charge is 0.0687 e. The van der Waals surface area contributed by atoms with Crippen molar-refractivity contribution in [2.45, 2.75) is 19.3 Å². The second-order valence-corrected chi connectivity index (χ2v) is 5.51. The zero-order valence-electron chi connectivity index (χ0n) is 11.4. The highest BCUT2D eigenvalue weighted by Crippen LogP contribution is 2.41. The molecule has 0 spiro atoms. The minimum atomic E-state index is 0.643. The van der Waals surface area contributed by atoms with Gasteiger partial charge in [0, 0.05) is 0 Å². The zero-order chi connectivity index (χ0) is 12.9. The molecule has 0 aromatic carbocycles. The predicted molar refractivity (Wildman–Crippen MR) is 76.9 cm³/mol. The molecule has 0 amide bonds. The average molecular weight is 258 g/mol. The summed E-state index contributed by atoms with van der Waals surface area (Å²) in [7, 11) is 0. The lowest BCUT2D eigenvalue weighted by Gasteiger charge is -2.24. The standard InChI is InChI=1S/C17H22O2/c1-3-10-18-12-14(6-1)16-8-5-9-17(16)15-7-2-4-11-19-13-15/h1-4,6-7,16-17H,5,8-13H2. The van der Waals surface area contributed by atoms with E-state index in [0.29, 0.717) is 11.8 Å². The Balaban J connectivity index is 1.77. The van der Waals surface area contributed by atoms with E-state index in [2.05, 4.69) is 36.5 Å². The number of rotatable bonds is 2. The number of allylic oxidation sites excluding steroid dienone is 4. The molecule has 2 aliphatic heterocycles. The van der Waals surface area contributed by atoms with Crippen molar-refractivity contribution in [3.63, 3.8) is 0 Å². The van der Waals surface area contributed by atoms with Gasteiger partial charge in [-0.25, -0.2) is 0 Å². The van der Waals surface area contributed by atoms with Crippen LogP contribution in [0.5, 0.6) is 0 Å². The van der Waals surface area contributed by atoms with Crippen molar-refractivity contribution in [2.75, 3.05) is 26.4 Å². The van der Waals surface area contributed by atoms with Gasteiger partial charge in [0.2, 0.25) is 0 Å². The third kappa shape index (κ3) is 3.07. The predicted octanol–water partition coefficient (Wildman–Crippen LogP) is 3.43. The van der Waals surface area contributed by atoms with E-state index in [1.54, 1.807) is 0 Å². The van der Waals surface area contributed by atoms with Gasteiger partial charge in [0.25, 0.3) is 0 Å². The van der Waals surface area contributed by atoms with Gasteiger partial charge in [-0.1, -0.05) is 42.9 Å². The summed E-state index contributed by atoms with van der Waals surface area (Å²) in [4.78, 5) is 0. The molecule has 0 N–H and O–H groups in total. The molecule has 19 heavy (non-hydrogen) atoms. The van der Waals surface area contributed by atoms with Gasteiger partial charge in [-0.05, 0) is 35.8 Å². The Hall–Kier alpha value is -1.12. The van der Waals surface area contributed by atoms with Crippen LogP contribution in [0.3, 0.4) is 0 Å². The molecule has 1 saturated carbocycles. The van der Waals surface area contributed by atoms with Crippen LogP contribution in [-0.2, 0) is 9.47 Å². The maximum absolute atomic E-state index is 5.66. The Morgan fingerprint density at radius 3 is 1.84 bits per heavy atom. The summed E-state index contributed by atoms with van der Waals surface area (Å²) in [5, 5.41) is 0. The van der Waals surface area contributed by atoms with Crippen LogP contribution < -0.4 is 0 Å². The van der Waals surface area contributed by atoms with E-state index >= 15 is 0 Å². The van der Waals surface area contributed by atoms with Crippen molar-refractivity contribution >= 4 is 0 Å². The van der Waals surface area contributed by atoms with Gasteiger partial charge in [-0.15, -0.1) is 0 Å². The monoisotopic (exact) mass is 258 g/mol. The summed E-state index contributed by atoms with van der Waals surface area (Å²) in [6, 6.07) is 0. The fraction of sp³-hybridized carbons (Fsp3) is 0.529. The van der Waals surface area contributed by atoms with Crippen molar-refractivity contribution < 1.29 is 9.47 Å². The number of hydrogen-bond donors (Lipinski definition) is 0. The molecule has 2 atom stereocenters. The average Bonchev–Trinajstić information content (AvgIpc) is 2.67. The van der Waals surface area contributed by atoms with Crippen molar-refractivity contribution in [1.29, 1.82) is 0 Å². The first kappa shape index (κ1) is 12.9. The molecule has 3 aliphatic rings. The summed E-state index contributed by atoms with van der Waals surface area (Å²) in [6.45, 7) is 3.06. The normalized spacial score (nSPS) is 31.6. The molecule has 102 valence electrons. The summed E-state index contributed by atoms with van der Waals surface area (Å²) in [5.74, 6) is 1.29. The number of hydrogen-bond acceptors (Lipinski definition) is 2. The lowest BCUT2D eigenvalue weighted by Crippen LogP contribution is -2.18. The van der Waals surface area contributed by atoms with Crippen molar-refractivity contribution in [3.05, 3.63) is 47.6 Å². The van der Waals surface area contributed by atoms with Crippen LogP contribution >= 0.6 is 0 Å². The molecule has 2 heteroatoms. The fourth-order valence-corrected chi connectivity index (χ4v) is 3.39. The molecule has 0 radical (unpaired) electrons. The van der Waals surface area contributed by atoms with Gasteiger partial charge in [0.15, 0.2) is 0 Å². The largest absolute Gasteiger partial charge is 0.373 e. The molecule has 2 heterocycles. The Morgan fingerprint density at radius 1 is 0.789 bits per heavy atom. The Kier molecular flexibility index (Phi) is 4.31. The van der Waals surface area contributed by atoms with Crippen LogP contribution in [0.25, 0.3) is 0 Å². The molecule has 0 aromatic rings. The molecular weight excluding hydrogens is 236 g/mol. The summed E-state index contributed by atoms with van der Waals surface area (Å²) < 4.78 is 11.3. The molecule has 3 rings (SSSR count). The van der Waals surface area contributed by atoms with E-state index in [1.807, 2.05) is 0 Å². The van der Waals surface area contributed by atoms with Crippen LogP contribution in [0, 0.1) is 11.8 Å². The molecule has 2 unspecified atom stereocenters. The molecule has 1 fully saturated rings. The first-order valence-corrected chi connectivity index (χ1v) is 7.32. The molecule has 0 aromatic heterocycles. The van der Waals surface area contributed by atoms with Gasteiger partial charge >= 0.3 is 0 Å². The van der Waals surface area contributed by atoms with Crippen LogP contribution in [-0.4, -0.2) is 26.4 Å². The highest BCUT2D eigenvalue weighted by Gasteiger charge is 2.32. The highest BCUT2D eigenvalue weighted by atomic mass is 16.5. The van der Waals surface area contributed by atoms with Crippen molar-refractivity contribution in [1.82, 2.24) is 0 Å². The molecule has 2 nitrogen and oxygen atoms in total. The van der Waals surface area contributed by atoms with E-state index in [9.17, 15) is 0 Å². The van der Waals surface area contributed by atoms with Gasteiger partial charge in [0.05, 0.1) is 26.4 Å². The fourth-order valence-electron chi connectivity index (χ4n) is 3.39. The van der Waals surface area contributed by atoms with E-state index in [1.165, 1.54) is 30.4 Å². The first-order valence-electron chi connectivity index (χ1n) is 7.32. The van der Waals surface area contributed by atoms with E-state index in [0.717, 1.165) is 26.4 Å². The van der Waals surface area contributed by atoms with Gasteiger partial charge < -0.3 is 9.47 Å². The lowest BCUT2D eigenvalue weighted by atomic mass is 9.83. The van der Waals surface area contributed by atoms with Crippen LogP contribution in [0.4, 0.5) is 0 Å². The van der Waals surface area contributed by atoms with E-state index in [-0.39, 0.29) is 0 Å². The van der Waals surface area contributed by atoms with Gasteiger partial charge in [-0.2, -0.15) is 0 Å². The second-order valence-electron chi connectivity index (χ2n) is 5.51. The Labute approximate surface area is 115 Å². The summed E-state index contributed by atoms with van der Waals surface area (Å²) >= 11 is 0. The molecule has 0 saturated heterocycles. The van der Waals surface area contributed by atoms with E-state index < -0.39 is 0 Å². The lowest BCUT2D eigenvalue weighted by molar-refractivity contribution is 0.168. The van der Waals surface area contributed by atoms with Gasteiger partial charge in [-0.3, -0.25) is 0 Å². The third-order valence-corrected chi connectivity index (χ3v) is 4.33. The topological polar surface area (TPSA) is 18.5 Å². The third-order valence-electron chi connectivity index (χ3n) is 4.33. The van der Waals surface area contributed by atoms with Crippen molar-refractivity contribution in [3.8, 4) is 0 Å². The Bertz CT molecular complexity index is 389. The van der Waals surface area contributed by atoms with Crippen LogP contribution in [0.2, 0.25) is 0 Å². The zero-order valence-corrected chi connectivity index (χ0v) is 11.4. The maximum atomic E-state index is 5.66.